The van der Waals surface area contributed by atoms with Gasteiger partial charge in [0, 0.05) is 41.4 Å². The zero-order chi connectivity index (χ0) is 41.5. The van der Waals surface area contributed by atoms with Gasteiger partial charge in [-0.3, -0.25) is 4.79 Å². The topological polar surface area (TPSA) is 155 Å². The highest BCUT2D eigenvalue weighted by Gasteiger charge is 2.47. The molecule has 1 atom stereocenters. The molecule has 0 unspecified atom stereocenters. The van der Waals surface area contributed by atoms with E-state index in [-0.39, 0.29) is 34.9 Å². The summed E-state index contributed by atoms with van der Waals surface area (Å²) in [6.07, 6.45) is 11.5. The summed E-state index contributed by atoms with van der Waals surface area (Å²) < 4.78 is 20.2. The molecule has 1 saturated heterocycles. The van der Waals surface area contributed by atoms with Crippen molar-refractivity contribution in [2.24, 2.45) is 23.7 Å². The second kappa shape index (κ2) is 16.5. The van der Waals surface area contributed by atoms with Crippen molar-refractivity contribution in [3.8, 4) is 28.5 Å². The number of rotatable bonds is 12. The van der Waals surface area contributed by atoms with Crippen LogP contribution in [0.15, 0.2) is 96.9 Å². The molecule has 12 nitrogen and oxygen atoms in total. The van der Waals surface area contributed by atoms with Crippen molar-refractivity contribution >= 4 is 52.2 Å². The third-order valence-electron chi connectivity index (χ3n) is 12.6. The maximum Gasteiger partial charge on any atom is 0.328 e. The maximum atomic E-state index is 14.0. The largest absolute Gasteiger partial charge is 0.496 e. The Morgan fingerprint density at radius 1 is 0.983 bits per heavy atom. The number of ether oxygens (including phenoxy) is 3. The van der Waals surface area contributed by atoms with Crippen molar-refractivity contribution in [1.29, 1.82) is 0 Å². The third-order valence-corrected chi connectivity index (χ3v) is 12.9. The lowest BCUT2D eigenvalue weighted by atomic mass is 9.54. The highest BCUT2D eigenvalue weighted by molar-refractivity contribution is 6.32. The number of halogens is 1. The van der Waals surface area contributed by atoms with Gasteiger partial charge in [0.25, 0.3) is 5.91 Å². The maximum absolute atomic E-state index is 14.0. The summed E-state index contributed by atoms with van der Waals surface area (Å²) in [6.45, 7) is 4.85. The molecule has 1 amide bonds. The second-order valence-corrected chi connectivity index (χ2v) is 16.9. The van der Waals surface area contributed by atoms with E-state index in [0.717, 1.165) is 53.4 Å². The molecular formula is C47H47ClN6O6. The molecule has 3 heterocycles. The SMILES string of the molecule is C=C(COc1c(Cl)cc(C(OC)=C2C3CC4CC(C3)CC2C4)cc1/C=C/C(=O)O)C(=O)N1CCC[C@@H](n2nc(-c3ccc(Oc4ccccc4)cc3)c3c(N)ncnc32)C1. The van der Waals surface area contributed by atoms with E-state index >= 15 is 0 Å². The van der Waals surface area contributed by atoms with E-state index in [2.05, 4.69) is 16.5 Å². The summed E-state index contributed by atoms with van der Waals surface area (Å²) in [6, 6.07) is 20.7. The molecule has 4 aliphatic carbocycles. The van der Waals surface area contributed by atoms with Crippen molar-refractivity contribution in [3.05, 3.63) is 113 Å². The number of carboxylic acids is 1. The molecule has 0 spiro atoms. The van der Waals surface area contributed by atoms with Gasteiger partial charge in [-0.05, 0) is 129 Å². The third kappa shape index (κ3) is 7.72. The van der Waals surface area contributed by atoms with E-state index in [1.165, 1.54) is 50.1 Å². The van der Waals surface area contributed by atoms with Gasteiger partial charge in [-0.2, -0.15) is 5.10 Å². The average Bonchev–Trinajstić information content (AvgIpc) is 3.65. The van der Waals surface area contributed by atoms with E-state index in [1.54, 1.807) is 12.0 Å². The van der Waals surface area contributed by atoms with Gasteiger partial charge in [0.2, 0.25) is 0 Å². The molecule has 3 N–H and O–H groups in total. The lowest BCUT2D eigenvalue weighted by Gasteiger charge is -2.51. The lowest BCUT2D eigenvalue weighted by Crippen LogP contribution is -2.42. The first-order chi connectivity index (χ1) is 29.1. The van der Waals surface area contributed by atoms with Gasteiger partial charge >= 0.3 is 5.97 Å². The number of aromatic nitrogens is 4. The van der Waals surface area contributed by atoms with Crippen molar-refractivity contribution in [3.63, 3.8) is 0 Å². The van der Waals surface area contributed by atoms with Gasteiger partial charge < -0.3 is 30.0 Å². The fraction of sp³-hybridized carbons (Fsp3) is 0.340. The minimum atomic E-state index is -1.11. The molecule has 5 fully saturated rings. The van der Waals surface area contributed by atoms with Crippen LogP contribution >= 0.6 is 11.6 Å². The van der Waals surface area contributed by atoms with Crippen LogP contribution in [0.4, 0.5) is 5.82 Å². The number of anilines is 1. The fourth-order valence-corrected chi connectivity index (χ4v) is 10.5. The molecule has 4 bridgehead atoms. The number of carbonyl (C=O) groups is 2. The van der Waals surface area contributed by atoms with Crippen LogP contribution in [0.5, 0.6) is 17.2 Å². The predicted octanol–water partition coefficient (Wildman–Crippen LogP) is 9.23. The van der Waals surface area contributed by atoms with Gasteiger partial charge in [-0.1, -0.05) is 36.4 Å². The number of piperidine rings is 1. The monoisotopic (exact) mass is 826 g/mol. The number of methoxy groups -OCH3 is 1. The van der Waals surface area contributed by atoms with Gasteiger partial charge in [0.05, 0.1) is 23.6 Å². The van der Waals surface area contributed by atoms with Crippen LogP contribution in [0.3, 0.4) is 0 Å². The minimum absolute atomic E-state index is 0.152. The molecule has 3 aromatic carbocycles. The number of carbonyl (C=O) groups excluding carboxylic acids is 1. The zero-order valence-electron chi connectivity index (χ0n) is 33.4. The number of nitrogen functional groups attached to an aromatic ring is 1. The molecule has 1 aliphatic heterocycles. The van der Waals surface area contributed by atoms with Crippen LogP contribution in [-0.2, 0) is 14.3 Å². The standard InChI is InChI=1S/C47H47ClN6O6/c1-27(25-59-43-31(12-15-39(55)56)22-34(23-38(43)48)44(58-2)40-32-18-28-17-29(20-32)21-33(40)19-28)47(57)53-16-6-7-35(24-53)54-46-41(45(49)50-26-51-46)42(52-54)30-10-13-37(14-11-30)60-36-8-4-3-5-9-36/h3-5,8-15,22-23,26,28-29,32-33,35H,1,6-7,16-21,24-25H2,2H3,(H,55,56)(H2,49,50,51)/b15-12+,44-40?/t28?,29?,32?,33?,35-/m1/s1. The molecule has 5 aliphatic rings. The molecule has 308 valence electrons. The number of para-hydroxylation sites is 1. The Bertz CT molecular complexity index is 2500. The van der Waals surface area contributed by atoms with Crippen LogP contribution in [0.2, 0.25) is 5.02 Å². The Morgan fingerprint density at radius 2 is 1.70 bits per heavy atom. The summed E-state index contributed by atoms with van der Waals surface area (Å²) in [4.78, 5) is 36.3. The fourth-order valence-electron chi connectivity index (χ4n) is 10.2. The van der Waals surface area contributed by atoms with Crippen molar-refractivity contribution in [1.82, 2.24) is 24.6 Å². The Hall–Kier alpha value is -6.14. The van der Waals surface area contributed by atoms with Crippen molar-refractivity contribution < 1.29 is 28.9 Å². The number of nitrogens with zero attached hydrogens (tertiary/aromatic N) is 5. The number of hydrogen-bond donors (Lipinski definition) is 2. The number of amides is 1. The van der Waals surface area contributed by atoms with Crippen LogP contribution in [-0.4, -0.2) is 68.4 Å². The Morgan fingerprint density at radius 3 is 2.40 bits per heavy atom. The smallest absolute Gasteiger partial charge is 0.328 e. The van der Waals surface area contributed by atoms with Gasteiger partial charge in [0.15, 0.2) is 5.65 Å². The van der Waals surface area contributed by atoms with Crippen LogP contribution < -0.4 is 15.2 Å². The highest BCUT2D eigenvalue weighted by atomic mass is 35.5. The normalized spacial score (nSPS) is 22.0. The van der Waals surface area contributed by atoms with Crippen molar-refractivity contribution in [2.45, 2.75) is 51.0 Å². The molecule has 2 aromatic heterocycles. The van der Waals surface area contributed by atoms with Gasteiger partial charge in [-0.25, -0.2) is 19.4 Å². The predicted molar refractivity (Wildman–Crippen MR) is 230 cm³/mol. The minimum Gasteiger partial charge on any atom is -0.496 e. The Balaban J connectivity index is 0.922. The number of aliphatic carboxylic acids is 1. The molecule has 0 radical (unpaired) electrons. The number of benzene rings is 3. The van der Waals surface area contributed by atoms with E-state index in [0.29, 0.717) is 58.8 Å². The lowest BCUT2D eigenvalue weighted by molar-refractivity contribution is -0.131. The second-order valence-electron chi connectivity index (χ2n) is 16.5. The first-order valence-corrected chi connectivity index (χ1v) is 21.0. The summed E-state index contributed by atoms with van der Waals surface area (Å²) in [5.74, 6) is 4.01. The van der Waals surface area contributed by atoms with Crippen LogP contribution in [0.25, 0.3) is 34.1 Å². The molecule has 5 aromatic rings. The van der Waals surface area contributed by atoms with E-state index in [1.807, 2.05) is 71.4 Å². The van der Waals surface area contributed by atoms with E-state index < -0.39 is 5.97 Å². The Labute approximate surface area is 353 Å². The molecular weight excluding hydrogens is 780 g/mol. The number of nitrogens with two attached hydrogens (primary N) is 1. The number of likely N-dealkylation sites (tertiary alicyclic amines) is 1. The summed E-state index contributed by atoms with van der Waals surface area (Å²) >= 11 is 6.94. The molecule has 4 saturated carbocycles. The number of carboxylic acid groups (broad SMARTS) is 1. The molecule has 13 heteroatoms. The number of hydrogen-bond acceptors (Lipinski definition) is 9. The average molecular weight is 827 g/mol. The first-order valence-electron chi connectivity index (χ1n) is 20.6. The summed E-state index contributed by atoms with van der Waals surface area (Å²) in [7, 11) is 1.69. The quantitative estimate of drug-likeness (QED) is 0.0919. The molecule has 60 heavy (non-hydrogen) atoms. The number of allylic oxidation sites excluding steroid dienone is 1. The number of fused-ring (bicyclic) bond motifs is 1. The molecule has 10 rings (SSSR count). The van der Waals surface area contributed by atoms with Gasteiger partial charge in [0.1, 0.15) is 47.5 Å². The van der Waals surface area contributed by atoms with Crippen LogP contribution in [0.1, 0.15) is 62.1 Å². The van der Waals surface area contributed by atoms with E-state index in [9.17, 15) is 14.7 Å². The summed E-state index contributed by atoms with van der Waals surface area (Å²) in [5, 5.41) is 15.5. The zero-order valence-corrected chi connectivity index (χ0v) is 34.2. The van der Waals surface area contributed by atoms with Gasteiger partial charge in [-0.15, -0.1) is 0 Å². The summed E-state index contributed by atoms with van der Waals surface area (Å²) in [5.41, 5.74) is 11.3. The van der Waals surface area contributed by atoms with Crippen LogP contribution in [0, 0.1) is 23.7 Å². The first kappa shape index (κ1) is 39.3. The van der Waals surface area contributed by atoms with Crippen molar-refractivity contribution in [2.75, 3.05) is 32.5 Å². The Kier molecular flexibility index (Phi) is 10.8. The van der Waals surface area contributed by atoms with E-state index in [4.69, 9.17) is 36.6 Å². The highest BCUT2D eigenvalue weighted by Crippen LogP contribution is 2.58.